The van der Waals surface area contributed by atoms with Gasteiger partial charge in [-0.15, -0.1) is 22.7 Å². The van der Waals surface area contributed by atoms with Crippen LogP contribution in [0.4, 0.5) is 0 Å². The zero-order chi connectivity index (χ0) is 94.6. The van der Waals surface area contributed by atoms with Gasteiger partial charge in [0, 0.05) is 165 Å². The number of furan rings is 4. The minimum atomic E-state index is 0.857. The fraction of sp³-hybridized carbons (Fsp3) is 0. The van der Waals surface area contributed by atoms with Crippen LogP contribution in [0.3, 0.4) is 0 Å². The number of hydrogen-bond donors (Lipinski definition) is 0. The topological polar surface area (TPSA) is 91.2 Å². The molecule has 0 unspecified atom stereocenters. The predicted octanol–water partition coefficient (Wildman–Crippen LogP) is 39.2. The van der Waals surface area contributed by atoms with E-state index in [0.29, 0.717) is 0 Å². The van der Waals surface area contributed by atoms with Crippen molar-refractivity contribution in [2.24, 2.45) is 0 Å². The normalized spacial score (nSPS) is 11.9. The highest BCUT2D eigenvalue weighted by Crippen LogP contribution is 2.53. The average Bonchev–Trinajstić information content (AvgIpc) is 1.58. The Kier molecular flexibility index (Phi) is 19.3. The molecule has 0 atom stereocenters. The summed E-state index contributed by atoms with van der Waals surface area (Å²) in [6.07, 6.45) is 0. The third-order valence-electron chi connectivity index (χ3n) is 29.0. The van der Waals surface area contributed by atoms with Gasteiger partial charge in [-0.3, -0.25) is 0 Å². The second kappa shape index (κ2) is 33.7. The molecule has 144 heavy (non-hydrogen) atoms. The number of para-hydroxylation sites is 7. The van der Waals surface area contributed by atoms with Crippen LogP contribution < -0.4 is 0 Å². The molecule has 0 radical (unpaired) electrons. The highest BCUT2D eigenvalue weighted by Gasteiger charge is 2.28. The van der Waals surface area contributed by atoms with Crippen molar-refractivity contribution in [2.75, 3.05) is 0 Å². The van der Waals surface area contributed by atoms with E-state index in [-0.39, 0.29) is 0 Å². The lowest BCUT2D eigenvalue weighted by atomic mass is 9.89. The number of fused-ring (bicyclic) bond motifs is 27. The highest BCUT2D eigenvalue weighted by atomic mass is 32.1. The SMILES string of the molecule is c1ccc(-c2nc3ccccc3c3c(-c4ccc(-c5ccc6c(c5)sc5ccccc56)cc4)c4c(cc23)oc2ccccc24)cc1.c1ccc(-c2nc3ccccc3c3c(-c4ccc(-c5cccc(-c6cccc7oc8ccccc8c67)c5)cc4)c4c(cc23)oc2ccccc24)cc1.c1ccc(-c2nc3ccccc3c3c(-c4ccc(-c5cccc6c5sc5ccccc56)cc4)c4c(cc23)oc2ccccc24)cc1. The fourth-order valence-electron chi connectivity index (χ4n) is 22.5. The van der Waals surface area contributed by atoms with E-state index >= 15 is 0 Å². The molecular weight excluding hydrogens is 1790 g/mol. The van der Waals surface area contributed by atoms with E-state index in [9.17, 15) is 0 Å². The lowest BCUT2D eigenvalue weighted by Crippen LogP contribution is -1.93. The predicted molar refractivity (Wildman–Crippen MR) is 607 cm³/mol. The molecule has 9 heteroatoms. The first kappa shape index (κ1) is 82.6. The summed E-state index contributed by atoms with van der Waals surface area (Å²) in [5.74, 6) is 0. The Labute approximate surface area is 833 Å². The summed E-state index contributed by atoms with van der Waals surface area (Å²) in [4.78, 5) is 15.7. The molecule has 0 aliphatic carbocycles. The van der Waals surface area contributed by atoms with Crippen LogP contribution in [-0.2, 0) is 0 Å². The van der Waals surface area contributed by atoms with E-state index in [1.807, 2.05) is 59.1 Å². The Hall–Kier alpha value is -18.5. The average molecular weight is 1870 g/mol. The summed E-state index contributed by atoms with van der Waals surface area (Å²) in [7, 11) is 0. The largest absolute Gasteiger partial charge is 0.456 e. The number of rotatable bonds is 10. The highest BCUT2D eigenvalue weighted by molar-refractivity contribution is 7.26. The van der Waals surface area contributed by atoms with Crippen LogP contribution in [0.2, 0.25) is 0 Å². The number of benzene rings is 22. The third kappa shape index (κ3) is 13.6. The molecule has 0 saturated heterocycles. The molecule has 31 rings (SSSR count). The number of aromatic nitrogens is 3. The first-order chi connectivity index (χ1) is 71.4. The van der Waals surface area contributed by atoms with Gasteiger partial charge >= 0.3 is 0 Å². The molecule has 7 nitrogen and oxygen atoms in total. The van der Waals surface area contributed by atoms with E-state index in [0.717, 1.165) is 209 Å². The van der Waals surface area contributed by atoms with E-state index in [4.69, 9.17) is 32.6 Å². The summed E-state index contributed by atoms with van der Waals surface area (Å²) < 4.78 is 31.2. The summed E-state index contributed by atoms with van der Waals surface area (Å²) in [5.41, 5.74) is 32.6. The molecule has 9 heterocycles. The second-order valence-corrected chi connectivity index (χ2v) is 39.3. The quantitative estimate of drug-likeness (QED) is 0.126. The van der Waals surface area contributed by atoms with Crippen LogP contribution in [0.25, 0.3) is 305 Å². The van der Waals surface area contributed by atoms with Gasteiger partial charge in [-0.05, 0) is 152 Å². The molecule has 0 aliphatic rings. The summed E-state index contributed by atoms with van der Waals surface area (Å²) in [5, 5.41) is 24.5. The molecule has 0 bridgehead atoms. The number of thiophene rings is 2. The zero-order valence-corrected chi connectivity index (χ0v) is 79.0. The van der Waals surface area contributed by atoms with Crippen LogP contribution in [-0.4, -0.2) is 15.0 Å². The Bertz CT molecular complexity index is 10700. The monoisotopic (exact) mass is 1870 g/mol. The summed E-state index contributed by atoms with van der Waals surface area (Å²) in [6, 6.07) is 170. The minimum absolute atomic E-state index is 0.857. The number of pyridine rings is 3. The van der Waals surface area contributed by atoms with Crippen molar-refractivity contribution >= 4 is 216 Å². The summed E-state index contributed by atoms with van der Waals surface area (Å²) >= 11 is 3.73. The van der Waals surface area contributed by atoms with Gasteiger partial charge in [0.15, 0.2) is 0 Å². The fourth-order valence-corrected chi connectivity index (χ4v) is 24.9. The smallest absolute Gasteiger partial charge is 0.136 e. The van der Waals surface area contributed by atoms with Crippen LogP contribution in [0.15, 0.2) is 497 Å². The molecule has 0 amide bonds. The zero-order valence-electron chi connectivity index (χ0n) is 77.4. The van der Waals surface area contributed by atoms with Gasteiger partial charge in [0.1, 0.15) is 44.7 Å². The van der Waals surface area contributed by atoms with Crippen LogP contribution in [0, 0.1) is 0 Å². The lowest BCUT2D eigenvalue weighted by molar-refractivity contribution is 0.668. The van der Waals surface area contributed by atoms with E-state index in [1.54, 1.807) is 0 Å². The maximum atomic E-state index is 6.59. The molecule has 31 aromatic rings. The number of nitrogens with zero attached hydrogens (tertiary/aromatic N) is 3. The molecule has 0 spiro atoms. The molecule has 0 N–H and O–H groups in total. The third-order valence-corrected chi connectivity index (χ3v) is 31.3. The van der Waals surface area contributed by atoms with Crippen molar-refractivity contribution in [2.45, 2.75) is 0 Å². The van der Waals surface area contributed by atoms with Crippen molar-refractivity contribution in [1.82, 2.24) is 15.0 Å². The Balaban J connectivity index is 0.000000103. The first-order valence-electron chi connectivity index (χ1n) is 48.7. The minimum Gasteiger partial charge on any atom is -0.456 e. The molecule has 670 valence electrons. The van der Waals surface area contributed by atoms with Gasteiger partial charge in [0.05, 0.1) is 33.6 Å². The van der Waals surface area contributed by atoms with Crippen LogP contribution >= 0.6 is 22.7 Å². The first-order valence-corrected chi connectivity index (χ1v) is 50.3. The van der Waals surface area contributed by atoms with Gasteiger partial charge in [0.2, 0.25) is 0 Å². The van der Waals surface area contributed by atoms with Gasteiger partial charge in [-0.2, -0.15) is 0 Å². The van der Waals surface area contributed by atoms with Gasteiger partial charge in [-0.25, -0.2) is 15.0 Å². The van der Waals surface area contributed by atoms with Crippen LogP contribution in [0.1, 0.15) is 0 Å². The van der Waals surface area contributed by atoms with Crippen molar-refractivity contribution in [3.8, 4) is 112 Å². The molecule has 0 fully saturated rings. The Morgan fingerprint density at radius 2 is 0.444 bits per heavy atom. The molecule has 9 aromatic heterocycles. The molecular formula is C135H79N3O4S2. The van der Waals surface area contributed by atoms with Gasteiger partial charge in [-0.1, -0.05) is 388 Å². The van der Waals surface area contributed by atoms with Crippen molar-refractivity contribution < 1.29 is 17.7 Å². The van der Waals surface area contributed by atoms with E-state index in [2.05, 4.69) is 443 Å². The Morgan fingerprint density at radius 1 is 0.146 bits per heavy atom. The summed E-state index contributed by atoms with van der Waals surface area (Å²) in [6.45, 7) is 0. The van der Waals surface area contributed by atoms with E-state index < -0.39 is 0 Å². The maximum absolute atomic E-state index is 6.59. The lowest BCUT2D eigenvalue weighted by Gasteiger charge is -2.16. The Morgan fingerprint density at radius 3 is 0.896 bits per heavy atom. The molecule has 0 saturated carbocycles. The van der Waals surface area contributed by atoms with Gasteiger partial charge < -0.3 is 17.7 Å². The standard InChI is InChI=1S/C49H29NO2.2C43H25NOS/c1-2-12-32(13-3-1)49-39-29-44-48(38-18-6-9-22-42(38)52-44)45(47(39)36-16-4-7-20-40(36)50-49)31-26-24-30(25-27-31)33-14-10-15-34(28-33)35-19-11-23-43-46(35)37-17-5-8-21-41(37)51-43;1-2-11-28(12-3-1)42-34-25-37-41(33-15-5-8-19-36(33)45-37)39(40(34)32-14-4-7-18-35(32)44-42)27-23-21-26(22-24-27)29-16-10-17-31-30-13-6-9-20-38(30)46-43(29)31;1-2-10-28(11-3-1)43-34-25-37-42(33-14-5-8-16-36(33)45-37)40(41(34)32-13-4-7-15-35(32)44-43)27-20-18-26(19-21-27)29-22-23-31-30-12-6-9-17-38(30)46-39(31)24-29/h1-29H;2*1-25H. The maximum Gasteiger partial charge on any atom is 0.136 e. The number of hydrogen-bond acceptors (Lipinski definition) is 9. The molecule has 0 aliphatic heterocycles. The van der Waals surface area contributed by atoms with Crippen molar-refractivity contribution in [3.05, 3.63) is 479 Å². The van der Waals surface area contributed by atoms with Gasteiger partial charge in [0.25, 0.3) is 0 Å². The second-order valence-electron chi connectivity index (χ2n) is 37.1. The van der Waals surface area contributed by atoms with E-state index in [1.165, 1.54) is 95.4 Å². The van der Waals surface area contributed by atoms with Crippen LogP contribution in [0.5, 0.6) is 0 Å². The van der Waals surface area contributed by atoms with Crippen molar-refractivity contribution in [1.29, 1.82) is 0 Å². The molecule has 22 aromatic carbocycles. The van der Waals surface area contributed by atoms with Crippen molar-refractivity contribution in [3.63, 3.8) is 0 Å².